The number of pyridine rings is 1. The molecule has 2 rings (SSSR count). The Labute approximate surface area is 127 Å². The maximum absolute atomic E-state index is 12.3. The van der Waals surface area contributed by atoms with Crippen molar-refractivity contribution in [3.63, 3.8) is 0 Å². The number of benzene rings is 1. The molecule has 0 spiro atoms. The first-order chi connectivity index (χ1) is 9.58. The molecule has 0 bridgehead atoms. The Hall–Kier alpha value is -1.68. The molecule has 0 saturated heterocycles. The minimum absolute atomic E-state index is 0.0193. The lowest BCUT2D eigenvalue weighted by Gasteiger charge is -2.22. The number of aromatic nitrogens is 1. The summed E-state index contributed by atoms with van der Waals surface area (Å²) in [7, 11) is 0. The van der Waals surface area contributed by atoms with Crippen molar-refractivity contribution in [2.75, 3.05) is 0 Å². The Morgan fingerprint density at radius 1 is 1.15 bits per heavy atom. The summed E-state index contributed by atoms with van der Waals surface area (Å²) in [5, 5.41) is 3.05. The van der Waals surface area contributed by atoms with Gasteiger partial charge < -0.3 is 5.32 Å². The summed E-state index contributed by atoms with van der Waals surface area (Å²) in [6, 6.07) is 13.5. The van der Waals surface area contributed by atoms with Crippen molar-refractivity contribution in [1.82, 2.24) is 10.3 Å². The molecule has 104 valence electrons. The molecular formula is C16H17BrN2O. The van der Waals surface area contributed by atoms with Crippen LogP contribution in [0.2, 0.25) is 0 Å². The van der Waals surface area contributed by atoms with Crippen molar-refractivity contribution in [3.05, 3.63) is 64.4 Å². The Balaban J connectivity index is 2.17. The Bertz CT molecular complexity index is 567. The number of rotatable bonds is 4. The molecule has 0 saturated carbocycles. The summed E-state index contributed by atoms with van der Waals surface area (Å²) in [5.41, 5.74) is 1.53. The van der Waals surface area contributed by atoms with Gasteiger partial charge in [0, 0.05) is 10.7 Å². The second-order valence-electron chi connectivity index (χ2n) is 4.97. The SMILES string of the molecule is CC(C)C(NC(=O)c1ccc(Br)cn1)c1ccccc1. The van der Waals surface area contributed by atoms with Crippen LogP contribution in [0.3, 0.4) is 0 Å². The zero-order valence-corrected chi connectivity index (χ0v) is 13.1. The Morgan fingerprint density at radius 2 is 1.85 bits per heavy atom. The van der Waals surface area contributed by atoms with Gasteiger partial charge in [-0.3, -0.25) is 4.79 Å². The first-order valence-electron chi connectivity index (χ1n) is 6.55. The predicted octanol–water partition coefficient (Wildman–Crippen LogP) is 3.97. The number of hydrogen-bond donors (Lipinski definition) is 1. The van der Waals surface area contributed by atoms with Crippen molar-refractivity contribution >= 4 is 21.8 Å². The maximum atomic E-state index is 12.3. The van der Waals surface area contributed by atoms with Gasteiger partial charge in [0.1, 0.15) is 5.69 Å². The highest BCUT2D eigenvalue weighted by atomic mass is 79.9. The van der Waals surface area contributed by atoms with Crippen molar-refractivity contribution in [2.24, 2.45) is 5.92 Å². The summed E-state index contributed by atoms with van der Waals surface area (Å²) in [4.78, 5) is 16.4. The number of carbonyl (C=O) groups excluding carboxylic acids is 1. The molecule has 1 aromatic heterocycles. The largest absolute Gasteiger partial charge is 0.344 e. The average Bonchev–Trinajstić information content (AvgIpc) is 2.46. The normalized spacial score (nSPS) is 12.2. The molecule has 0 radical (unpaired) electrons. The topological polar surface area (TPSA) is 42.0 Å². The molecule has 1 heterocycles. The van der Waals surface area contributed by atoms with Crippen LogP contribution in [0, 0.1) is 5.92 Å². The lowest BCUT2D eigenvalue weighted by atomic mass is 9.96. The number of amides is 1. The predicted molar refractivity (Wildman–Crippen MR) is 83.4 cm³/mol. The molecule has 1 aromatic carbocycles. The van der Waals surface area contributed by atoms with Gasteiger partial charge in [-0.1, -0.05) is 44.2 Å². The van der Waals surface area contributed by atoms with E-state index in [1.54, 1.807) is 12.3 Å². The van der Waals surface area contributed by atoms with Crippen LogP contribution in [0.1, 0.15) is 35.9 Å². The third-order valence-corrected chi connectivity index (χ3v) is 3.54. The van der Waals surface area contributed by atoms with E-state index in [0.717, 1.165) is 10.0 Å². The standard InChI is InChI=1S/C16H17BrN2O/c1-11(2)15(12-6-4-3-5-7-12)19-16(20)14-9-8-13(17)10-18-14/h3-11,15H,1-2H3,(H,19,20). The zero-order chi connectivity index (χ0) is 14.5. The van der Waals surface area contributed by atoms with Crippen LogP contribution in [0.25, 0.3) is 0 Å². The van der Waals surface area contributed by atoms with Crippen LogP contribution in [0.4, 0.5) is 0 Å². The molecular weight excluding hydrogens is 316 g/mol. The Kier molecular flexibility index (Phi) is 4.90. The molecule has 0 aliphatic carbocycles. The van der Waals surface area contributed by atoms with Crippen molar-refractivity contribution in [3.8, 4) is 0 Å². The highest BCUT2D eigenvalue weighted by Gasteiger charge is 2.19. The molecule has 20 heavy (non-hydrogen) atoms. The van der Waals surface area contributed by atoms with Gasteiger partial charge in [-0.25, -0.2) is 4.98 Å². The average molecular weight is 333 g/mol. The van der Waals surface area contributed by atoms with Gasteiger partial charge in [0.25, 0.3) is 5.91 Å². The third-order valence-electron chi connectivity index (χ3n) is 3.07. The lowest BCUT2D eigenvalue weighted by Crippen LogP contribution is -2.32. The van der Waals surface area contributed by atoms with Gasteiger partial charge in [-0.2, -0.15) is 0 Å². The second kappa shape index (κ2) is 6.66. The summed E-state index contributed by atoms with van der Waals surface area (Å²) in [6.07, 6.45) is 1.63. The van der Waals surface area contributed by atoms with Crippen molar-refractivity contribution in [2.45, 2.75) is 19.9 Å². The number of halogens is 1. The molecule has 0 aliphatic heterocycles. The fraction of sp³-hybridized carbons (Fsp3) is 0.250. The third kappa shape index (κ3) is 3.67. The first-order valence-corrected chi connectivity index (χ1v) is 7.34. The first kappa shape index (κ1) is 14.7. The molecule has 3 nitrogen and oxygen atoms in total. The zero-order valence-electron chi connectivity index (χ0n) is 11.5. The molecule has 1 N–H and O–H groups in total. The highest BCUT2D eigenvalue weighted by Crippen LogP contribution is 2.21. The van der Waals surface area contributed by atoms with Crippen LogP contribution in [-0.4, -0.2) is 10.9 Å². The van der Waals surface area contributed by atoms with E-state index >= 15 is 0 Å². The minimum atomic E-state index is -0.153. The van der Waals surface area contributed by atoms with Gasteiger partial charge in [-0.05, 0) is 39.5 Å². The maximum Gasteiger partial charge on any atom is 0.270 e. The molecule has 0 aliphatic rings. The minimum Gasteiger partial charge on any atom is -0.344 e. The summed E-state index contributed by atoms with van der Waals surface area (Å²) in [6.45, 7) is 4.18. The highest BCUT2D eigenvalue weighted by molar-refractivity contribution is 9.10. The van der Waals surface area contributed by atoms with Crippen LogP contribution in [0.15, 0.2) is 53.1 Å². The second-order valence-corrected chi connectivity index (χ2v) is 5.88. The summed E-state index contributed by atoms with van der Waals surface area (Å²) < 4.78 is 0.859. The quantitative estimate of drug-likeness (QED) is 0.920. The fourth-order valence-corrected chi connectivity index (χ4v) is 2.26. The molecule has 1 atom stereocenters. The van der Waals surface area contributed by atoms with E-state index in [1.165, 1.54) is 0 Å². The van der Waals surface area contributed by atoms with E-state index in [9.17, 15) is 4.79 Å². The molecule has 4 heteroatoms. The van der Waals surface area contributed by atoms with Crippen molar-refractivity contribution in [1.29, 1.82) is 0 Å². The van der Waals surface area contributed by atoms with E-state index in [1.807, 2.05) is 36.4 Å². The lowest BCUT2D eigenvalue weighted by molar-refractivity contribution is 0.0920. The molecule has 1 amide bonds. The van der Waals surface area contributed by atoms with Gasteiger partial charge in [0.2, 0.25) is 0 Å². The number of nitrogens with zero attached hydrogens (tertiary/aromatic N) is 1. The van der Waals surface area contributed by atoms with E-state index in [0.29, 0.717) is 11.6 Å². The summed E-state index contributed by atoms with van der Waals surface area (Å²) in [5.74, 6) is 0.150. The van der Waals surface area contributed by atoms with E-state index < -0.39 is 0 Å². The molecule has 0 fully saturated rings. The number of hydrogen-bond acceptors (Lipinski definition) is 2. The van der Waals surface area contributed by atoms with E-state index in [2.05, 4.69) is 40.1 Å². The van der Waals surface area contributed by atoms with Crippen molar-refractivity contribution < 1.29 is 4.79 Å². The molecule has 2 aromatic rings. The van der Waals surface area contributed by atoms with E-state index in [4.69, 9.17) is 0 Å². The van der Waals surface area contributed by atoms with Crippen LogP contribution in [0.5, 0.6) is 0 Å². The van der Waals surface area contributed by atoms with Crippen LogP contribution < -0.4 is 5.32 Å². The van der Waals surface area contributed by atoms with Gasteiger partial charge in [0.15, 0.2) is 0 Å². The van der Waals surface area contributed by atoms with Crippen LogP contribution >= 0.6 is 15.9 Å². The van der Waals surface area contributed by atoms with Gasteiger partial charge in [-0.15, -0.1) is 0 Å². The number of carbonyl (C=O) groups is 1. The van der Waals surface area contributed by atoms with Gasteiger partial charge >= 0.3 is 0 Å². The van der Waals surface area contributed by atoms with Crippen LogP contribution in [-0.2, 0) is 0 Å². The monoisotopic (exact) mass is 332 g/mol. The Morgan fingerprint density at radius 3 is 2.40 bits per heavy atom. The summed E-state index contributed by atoms with van der Waals surface area (Å²) >= 11 is 3.31. The van der Waals surface area contributed by atoms with E-state index in [-0.39, 0.29) is 11.9 Å². The fourth-order valence-electron chi connectivity index (χ4n) is 2.02. The smallest absolute Gasteiger partial charge is 0.270 e. The number of nitrogens with one attached hydrogen (secondary N) is 1. The molecule has 1 unspecified atom stereocenters. The van der Waals surface area contributed by atoms with Gasteiger partial charge in [0.05, 0.1) is 6.04 Å².